The van der Waals surface area contributed by atoms with Crippen LogP contribution in [0.25, 0.3) is 0 Å². The van der Waals surface area contributed by atoms with Crippen LogP contribution in [-0.2, 0) is 0 Å². The van der Waals surface area contributed by atoms with Gasteiger partial charge in [-0.3, -0.25) is 0 Å². The van der Waals surface area contributed by atoms with Crippen molar-refractivity contribution >= 4 is 23.2 Å². The highest BCUT2D eigenvalue weighted by Gasteiger charge is 1.95. The standard InChI is InChI=1S/C10H10Cl2O/c1-8(6-11)7-13-10-4-2-9(12)3-5-10/h2-5H,1,6-7H2. The van der Waals surface area contributed by atoms with E-state index in [1.165, 1.54) is 0 Å². The molecule has 13 heavy (non-hydrogen) atoms. The molecule has 0 aliphatic heterocycles. The summed E-state index contributed by atoms with van der Waals surface area (Å²) in [6, 6.07) is 7.17. The highest BCUT2D eigenvalue weighted by molar-refractivity contribution is 6.30. The summed E-state index contributed by atoms with van der Waals surface area (Å²) in [6.45, 7) is 4.17. The fourth-order valence-electron chi connectivity index (χ4n) is 0.755. The molecule has 0 heterocycles. The largest absolute Gasteiger partial charge is 0.489 e. The van der Waals surface area contributed by atoms with Gasteiger partial charge < -0.3 is 4.74 Å². The maximum absolute atomic E-state index is 5.71. The molecule has 0 radical (unpaired) electrons. The first-order chi connectivity index (χ1) is 6.22. The zero-order valence-corrected chi connectivity index (χ0v) is 8.61. The molecule has 0 unspecified atom stereocenters. The van der Waals surface area contributed by atoms with Gasteiger partial charge in [-0.05, 0) is 29.8 Å². The Labute approximate surface area is 87.9 Å². The lowest BCUT2D eigenvalue weighted by Crippen LogP contribution is -2.00. The van der Waals surface area contributed by atoms with Crippen LogP contribution in [0.3, 0.4) is 0 Å². The van der Waals surface area contributed by atoms with E-state index < -0.39 is 0 Å². The van der Waals surface area contributed by atoms with Crippen LogP contribution >= 0.6 is 23.2 Å². The number of benzene rings is 1. The van der Waals surface area contributed by atoms with E-state index in [-0.39, 0.29) is 0 Å². The quantitative estimate of drug-likeness (QED) is 0.553. The first-order valence-electron chi connectivity index (χ1n) is 3.83. The molecule has 1 nitrogen and oxygen atoms in total. The lowest BCUT2D eigenvalue weighted by Gasteiger charge is -2.05. The summed E-state index contributed by atoms with van der Waals surface area (Å²) >= 11 is 11.3. The zero-order chi connectivity index (χ0) is 9.68. The van der Waals surface area contributed by atoms with Crippen molar-refractivity contribution < 1.29 is 4.74 Å². The highest BCUT2D eigenvalue weighted by atomic mass is 35.5. The molecule has 0 saturated carbocycles. The molecule has 1 aromatic rings. The Morgan fingerprint density at radius 2 is 1.92 bits per heavy atom. The molecule has 0 N–H and O–H groups in total. The zero-order valence-electron chi connectivity index (χ0n) is 7.09. The van der Waals surface area contributed by atoms with Crippen LogP contribution in [0.15, 0.2) is 36.4 Å². The minimum atomic E-state index is 0.424. The number of alkyl halides is 1. The number of hydrogen-bond acceptors (Lipinski definition) is 1. The highest BCUT2D eigenvalue weighted by Crippen LogP contribution is 2.15. The van der Waals surface area contributed by atoms with Crippen LogP contribution in [0, 0.1) is 0 Å². The van der Waals surface area contributed by atoms with Crippen molar-refractivity contribution in [1.82, 2.24) is 0 Å². The molecule has 0 saturated heterocycles. The van der Waals surface area contributed by atoms with Crippen LogP contribution in [0.2, 0.25) is 5.02 Å². The van der Waals surface area contributed by atoms with Gasteiger partial charge >= 0.3 is 0 Å². The van der Waals surface area contributed by atoms with E-state index in [1.54, 1.807) is 12.1 Å². The minimum absolute atomic E-state index is 0.424. The van der Waals surface area contributed by atoms with Gasteiger partial charge in [0.1, 0.15) is 12.4 Å². The molecule has 0 spiro atoms. The minimum Gasteiger partial charge on any atom is -0.489 e. The Kier molecular flexibility index (Phi) is 4.13. The van der Waals surface area contributed by atoms with E-state index >= 15 is 0 Å². The Bertz CT molecular complexity index is 279. The average Bonchev–Trinajstić information content (AvgIpc) is 2.16. The van der Waals surface area contributed by atoms with Crippen LogP contribution in [-0.4, -0.2) is 12.5 Å². The van der Waals surface area contributed by atoms with E-state index in [0.717, 1.165) is 11.3 Å². The molecule has 0 amide bonds. The third-order valence-electron chi connectivity index (χ3n) is 1.45. The second-order valence-corrected chi connectivity index (χ2v) is 3.33. The molecule has 3 heteroatoms. The van der Waals surface area contributed by atoms with Gasteiger partial charge in [0, 0.05) is 10.9 Å². The van der Waals surface area contributed by atoms with Crippen LogP contribution in [0.1, 0.15) is 0 Å². The first kappa shape index (κ1) is 10.4. The molecular formula is C10H10Cl2O. The predicted molar refractivity (Wildman–Crippen MR) is 56.8 cm³/mol. The van der Waals surface area contributed by atoms with E-state index in [0.29, 0.717) is 17.5 Å². The molecule has 70 valence electrons. The van der Waals surface area contributed by atoms with E-state index in [1.807, 2.05) is 12.1 Å². The van der Waals surface area contributed by atoms with Crippen molar-refractivity contribution in [2.45, 2.75) is 0 Å². The number of rotatable bonds is 4. The van der Waals surface area contributed by atoms with Gasteiger partial charge in [0.25, 0.3) is 0 Å². The first-order valence-corrected chi connectivity index (χ1v) is 4.74. The van der Waals surface area contributed by atoms with E-state index in [2.05, 4.69) is 6.58 Å². The molecule has 0 atom stereocenters. The van der Waals surface area contributed by atoms with E-state index in [4.69, 9.17) is 27.9 Å². The molecule has 0 aliphatic carbocycles. The van der Waals surface area contributed by atoms with Crippen LogP contribution in [0.4, 0.5) is 0 Å². The predicted octanol–water partition coefficient (Wildman–Crippen LogP) is 3.51. The molecule has 1 rings (SSSR count). The van der Waals surface area contributed by atoms with Crippen molar-refractivity contribution in [2.24, 2.45) is 0 Å². The average molecular weight is 217 g/mol. The van der Waals surface area contributed by atoms with Crippen molar-refractivity contribution in [1.29, 1.82) is 0 Å². The van der Waals surface area contributed by atoms with Crippen molar-refractivity contribution in [2.75, 3.05) is 12.5 Å². The molecule has 0 fully saturated rings. The third-order valence-corrected chi connectivity index (χ3v) is 2.08. The SMILES string of the molecule is C=C(CCl)COc1ccc(Cl)cc1. The topological polar surface area (TPSA) is 9.23 Å². The van der Waals surface area contributed by atoms with Gasteiger partial charge in [-0.25, -0.2) is 0 Å². The fourth-order valence-corrected chi connectivity index (χ4v) is 0.958. The van der Waals surface area contributed by atoms with Crippen LogP contribution in [0.5, 0.6) is 5.75 Å². The lowest BCUT2D eigenvalue weighted by atomic mass is 10.3. The number of hydrogen-bond donors (Lipinski definition) is 0. The Hall–Kier alpha value is -0.660. The summed E-state index contributed by atoms with van der Waals surface area (Å²) in [5.41, 5.74) is 0.858. The molecule has 1 aromatic carbocycles. The maximum Gasteiger partial charge on any atom is 0.119 e. The summed E-state index contributed by atoms with van der Waals surface area (Å²) in [5, 5.41) is 0.698. The summed E-state index contributed by atoms with van der Waals surface area (Å²) < 4.78 is 5.37. The van der Waals surface area contributed by atoms with Gasteiger partial charge in [-0.15, -0.1) is 11.6 Å². The molecular weight excluding hydrogens is 207 g/mol. The van der Waals surface area contributed by atoms with Gasteiger partial charge in [-0.1, -0.05) is 18.2 Å². The Balaban J connectivity index is 2.46. The molecule has 0 aromatic heterocycles. The summed E-state index contributed by atoms with van der Waals surface area (Å²) in [7, 11) is 0. The fraction of sp³-hybridized carbons (Fsp3) is 0.200. The normalized spacial score (nSPS) is 9.69. The molecule has 0 bridgehead atoms. The summed E-state index contributed by atoms with van der Waals surface area (Å²) in [4.78, 5) is 0. The lowest BCUT2D eigenvalue weighted by molar-refractivity contribution is 0.353. The van der Waals surface area contributed by atoms with Crippen molar-refractivity contribution in [3.05, 3.63) is 41.4 Å². The van der Waals surface area contributed by atoms with Crippen molar-refractivity contribution in [3.8, 4) is 5.75 Å². The second-order valence-electron chi connectivity index (χ2n) is 2.63. The second kappa shape index (κ2) is 5.15. The van der Waals surface area contributed by atoms with Crippen molar-refractivity contribution in [3.63, 3.8) is 0 Å². The number of halogens is 2. The van der Waals surface area contributed by atoms with E-state index in [9.17, 15) is 0 Å². The van der Waals surface area contributed by atoms with Gasteiger partial charge in [0.2, 0.25) is 0 Å². The van der Waals surface area contributed by atoms with Crippen LogP contribution < -0.4 is 4.74 Å². The Morgan fingerprint density at radius 3 is 2.46 bits per heavy atom. The van der Waals surface area contributed by atoms with Gasteiger partial charge in [0.15, 0.2) is 0 Å². The monoisotopic (exact) mass is 216 g/mol. The Morgan fingerprint density at radius 1 is 1.31 bits per heavy atom. The summed E-state index contributed by atoms with van der Waals surface area (Å²) in [6.07, 6.45) is 0. The van der Waals surface area contributed by atoms with Gasteiger partial charge in [0.05, 0.1) is 0 Å². The maximum atomic E-state index is 5.71. The summed E-state index contributed by atoms with van der Waals surface area (Å²) in [5.74, 6) is 1.20. The number of ether oxygens (including phenoxy) is 1. The van der Waals surface area contributed by atoms with Gasteiger partial charge in [-0.2, -0.15) is 0 Å². The third kappa shape index (κ3) is 3.71. The molecule has 0 aliphatic rings. The smallest absolute Gasteiger partial charge is 0.119 e.